The molecule has 1 atom stereocenters. The Labute approximate surface area is 207 Å². The van der Waals surface area contributed by atoms with E-state index in [1.807, 2.05) is 48.5 Å². The number of amides is 1. The van der Waals surface area contributed by atoms with Gasteiger partial charge in [0.05, 0.1) is 4.34 Å². The average Bonchev–Trinajstić information content (AvgIpc) is 3.48. The molecular formula is C23H22Cl2N2O4S2. The first-order valence-electron chi connectivity index (χ1n) is 10.3. The van der Waals surface area contributed by atoms with E-state index in [4.69, 9.17) is 27.9 Å². The first kappa shape index (κ1) is 24.0. The van der Waals surface area contributed by atoms with Crippen molar-refractivity contribution in [1.29, 1.82) is 0 Å². The van der Waals surface area contributed by atoms with Gasteiger partial charge in [-0.25, -0.2) is 8.42 Å². The molecule has 3 aromatic rings. The Bertz CT molecular complexity index is 1230. The summed E-state index contributed by atoms with van der Waals surface area (Å²) in [6.07, 6.45) is 1.11. The smallest absolute Gasteiger partial charge is 0.253 e. The Hall–Kier alpha value is -2.10. The molecule has 1 amide bonds. The van der Waals surface area contributed by atoms with Gasteiger partial charge in [-0.05, 0) is 60.4 Å². The van der Waals surface area contributed by atoms with E-state index >= 15 is 0 Å². The number of benzene rings is 2. The van der Waals surface area contributed by atoms with E-state index in [1.54, 1.807) is 6.07 Å². The van der Waals surface area contributed by atoms with Crippen molar-refractivity contribution in [2.45, 2.75) is 36.2 Å². The minimum atomic E-state index is -3.76. The van der Waals surface area contributed by atoms with E-state index in [0.717, 1.165) is 22.5 Å². The Balaban J connectivity index is 1.36. The summed E-state index contributed by atoms with van der Waals surface area (Å²) in [6, 6.07) is 17.1. The maximum Gasteiger partial charge on any atom is 0.253 e. The molecule has 2 heterocycles. The van der Waals surface area contributed by atoms with Crippen LogP contribution in [-0.2, 0) is 28.0 Å². The van der Waals surface area contributed by atoms with Crippen LogP contribution in [0.4, 0.5) is 0 Å². The van der Waals surface area contributed by atoms with Gasteiger partial charge < -0.3 is 10.1 Å². The van der Waals surface area contributed by atoms with Gasteiger partial charge in [-0.2, -0.15) is 4.31 Å². The zero-order valence-electron chi connectivity index (χ0n) is 17.5. The number of nitrogens with zero attached hydrogens (tertiary/aromatic N) is 1. The monoisotopic (exact) mass is 524 g/mol. The van der Waals surface area contributed by atoms with Crippen LogP contribution in [0.3, 0.4) is 0 Å². The van der Waals surface area contributed by atoms with Gasteiger partial charge in [-0.3, -0.25) is 4.79 Å². The molecule has 1 fully saturated rings. The van der Waals surface area contributed by atoms with Crippen molar-refractivity contribution in [2.75, 3.05) is 6.54 Å². The number of thiophene rings is 1. The van der Waals surface area contributed by atoms with Crippen LogP contribution in [0.1, 0.15) is 24.0 Å². The summed E-state index contributed by atoms with van der Waals surface area (Å²) in [6.45, 7) is 0.977. The third-order valence-electron chi connectivity index (χ3n) is 5.30. The number of rotatable bonds is 8. The number of nitrogens with one attached hydrogen (secondary N) is 1. The second-order valence-electron chi connectivity index (χ2n) is 7.61. The van der Waals surface area contributed by atoms with Crippen LogP contribution in [0.25, 0.3) is 0 Å². The summed E-state index contributed by atoms with van der Waals surface area (Å²) in [4.78, 5) is 12.9. The van der Waals surface area contributed by atoms with E-state index in [0.29, 0.717) is 41.1 Å². The Morgan fingerprint density at radius 2 is 1.88 bits per heavy atom. The fraction of sp³-hybridized carbons (Fsp3) is 0.261. The first-order chi connectivity index (χ1) is 15.8. The fourth-order valence-electron chi connectivity index (χ4n) is 3.64. The van der Waals surface area contributed by atoms with Crippen molar-refractivity contribution in [3.8, 4) is 5.75 Å². The van der Waals surface area contributed by atoms with Crippen molar-refractivity contribution in [1.82, 2.24) is 9.62 Å². The van der Waals surface area contributed by atoms with Gasteiger partial charge in [0.2, 0.25) is 5.91 Å². The van der Waals surface area contributed by atoms with Crippen molar-refractivity contribution in [3.05, 3.63) is 81.1 Å². The molecule has 0 saturated carbocycles. The van der Waals surface area contributed by atoms with E-state index in [1.165, 1.54) is 10.4 Å². The molecule has 0 unspecified atom stereocenters. The second-order valence-corrected chi connectivity index (χ2v) is 11.9. The molecule has 174 valence electrons. The highest BCUT2D eigenvalue weighted by Gasteiger charge is 2.39. The second kappa shape index (κ2) is 10.4. The summed E-state index contributed by atoms with van der Waals surface area (Å²) in [7, 11) is -3.76. The SMILES string of the molecule is O=C(NCc1cccc(OCc2ccc(Cl)cc2)c1)[C@@H]1CCCN1S(=O)(=O)c1ccc(Cl)s1. The normalized spacial score (nSPS) is 16.6. The maximum atomic E-state index is 13.0. The Kier molecular flexibility index (Phi) is 7.61. The molecule has 1 aliphatic rings. The zero-order valence-corrected chi connectivity index (χ0v) is 20.7. The van der Waals surface area contributed by atoms with Gasteiger partial charge >= 0.3 is 0 Å². The van der Waals surface area contributed by atoms with Crippen molar-refractivity contribution in [2.24, 2.45) is 0 Å². The van der Waals surface area contributed by atoms with Crippen LogP contribution in [0.15, 0.2) is 64.9 Å². The molecule has 0 aliphatic carbocycles. The molecule has 2 aromatic carbocycles. The number of carbonyl (C=O) groups excluding carboxylic acids is 1. The molecule has 1 N–H and O–H groups in total. The molecule has 0 bridgehead atoms. The summed E-state index contributed by atoms with van der Waals surface area (Å²) in [5, 5.41) is 3.54. The number of hydrogen-bond acceptors (Lipinski definition) is 5. The highest BCUT2D eigenvalue weighted by atomic mass is 35.5. The number of sulfonamides is 1. The molecular weight excluding hydrogens is 503 g/mol. The van der Waals surface area contributed by atoms with Crippen molar-refractivity contribution in [3.63, 3.8) is 0 Å². The van der Waals surface area contributed by atoms with E-state index in [2.05, 4.69) is 5.32 Å². The van der Waals surface area contributed by atoms with E-state index < -0.39 is 16.1 Å². The van der Waals surface area contributed by atoms with Gasteiger partial charge in [0, 0.05) is 18.1 Å². The van der Waals surface area contributed by atoms with Gasteiger partial charge in [-0.1, -0.05) is 47.5 Å². The third kappa shape index (κ3) is 5.88. The average molecular weight is 525 g/mol. The molecule has 33 heavy (non-hydrogen) atoms. The highest BCUT2D eigenvalue weighted by Crippen LogP contribution is 2.32. The minimum Gasteiger partial charge on any atom is -0.489 e. The van der Waals surface area contributed by atoms with E-state index in [-0.39, 0.29) is 16.7 Å². The molecule has 0 spiro atoms. The van der Waals surface area contributed by atoms with Crippen LogP contribution in [-0.4, -0.2) is 31.2 Å². The van der Waals surface area contributed by atoms with Crippen molar-refractivity contribution < 1.29 is 17.9 Å². The van der Waals surface area contributed by atoms with Gasteiger partial charge in [0.1, 0.15) is 22.6 Å². The lowest BCUT2D eigenvalue weighted by atomic mass is 10.2. The molecule has 10 heteroatoms. The standard InChI is InChI=1S/C23H22Cl2N2O4S2/c24-18-8-6-16(7-9-18)15-31-19-4-1-3-17(13-19)14-26-23(28)20-5-2-12-27(20)33(29,30)22-11-10-21(25)32-22/h1,3-4,6-11,13,20H,2,5,12,14-15H2,(H,26,28)/t20-/m0/s1. The summed E-state index contributed by atoms with van der Waals surface area (Å²) < 4.78 is 33.6. The fourth-order valence-corrected chi connectivity index (χ4v) is 7.04. The largest absolute Gasteiger partial charge is 0.489 e. The van der Waals surface area contributed by atoms with Crippen molar-refractivity contribution >= 4 is 50.5 Å². The predicted molar refractivity (Wildman–Crippen MR) is 130 cm³/mol. The lowest BCUT2D eigenvalue weighted by Crippen LogP contribution is -2.45. The highest BCUT2D eigenvalue weighted by molar-refractivity contribution is 7.91. The Morgan fingerprint density at radius 1 is 1.09 bits per heavy atom. The lowest BCUT2D eigenvalue weighted by Gasteiger charge is -2.22. The van der Waals surface area contributed by atoms with Crippen LogP contribution in [0.2, 0.25) is 9.36 Å². The molecule has 4 rings (SSSR count). The number of hydrogen-bond donors (Lipinski definition) is 1. The molecule has 1 aromatic heterocycles. The lowest BCUT2D eigenvalue weighted by molar-refractivity contribution is -0.124. The quantitative estimate of drug-likeness (QED) is 0.444. The minimum absolute atomic E-state index is 0.151. The number of carbonyl (C=O) groups is 1. The maximum absolute atomic E-state index is 13.0. The molecule has 6 nitrogen and oxygen atoms in total. The van der Waals surface area contributed by atoms with Gasteiger partial charge in [0.25, 0.3) is 10.0 Å². The zero-order chi connectivity index (χ0) is 23.4. The molecule has 0 radical (unpaired) electrons. The predicted octanol–water partition coefficient (Wildman–Crippen LogP) is 5.10. The number of ether oxygens (including phenoxy) is 1. The summed E-state index contributed by atoms with van der Waals surface area (Å²) >= 11 is 12.8. The van der Waals surface area contributed by atoms with E-state index in [9.17, 15) is 13.2 Å². The first-order valence-corrected chi connectivity index (χ1v) is 13.4. The van der Waals surface area contributed by atoms with Crippen LogP contribution in [0.5, 0.6) is 5.75 Å². The van der Waals surface area contributed by atoms with Crippen LogP contribution >= 0.6 is 34.5 Å². The number of halogens is 2. The van der Waals surface area contributed by atoms with Gasteiger partial charge in [-0.15, -0.1) is 11.3 Å². The third-order valence-corrected chi connectivity index (χ3v) is 9.16. The summed E-state index contributed by atoms with van der Waals surface area (Å²) in [5.74, 6) is 0.363. The topological polar surface area (TPSA) is 75.7 Å². The molecule has 1 aliphatic heterocycles. The van der Waals surface area contributed by atoms with Crippen LogP contribution < -0.4 is 10.1 Å². The summed E-state index contributed by atoms with van der Waals surface area (Å²) in [5.41, 5.74) is 1.85. The van der Waals surface area contributed by atoms with Crippen LogP contribution in [0, 0.1) is 0 Å². The Morgan fingerprint density at radius 3 is 2.61 bits per heavy atom. The van der Waals surface area contributed by atoms with Gasteiger partial charge in [0.15, 0.2) is 0 Å². The molecule has 1 saturated heterocycles.